The standard InChI is InChI=1S/C21H22N4O3/c1-3-18-12-19-14(2)24-25-20(19)17-10-15(5-6-22)9-16(11-17)13-28-21(26)23-7-4-8-27-18/h3,9-12H,1,4-5,7-8,13H2,2H3,(H,23,26)(H,24,25)/b18-12+. The van der Waals surface area contributed by atoms with E-state index in [1.807, 2.05) is 31.2 Å². The van der Waals surface area contributed by atoms with Gasteiger partial charge >= 0.3 is 6.09 Å². The van der Waals surface area contributed by atoms with Crippen LogP contribution in [-0.4, -0.2) is 29.4 Å². The first-order chi connectivity index (χ1) is 13.6. The first-order valence-electron chi connectivity index (χ1n) is 9.03. The van der Waals surface area contributed by atoms with Crippen LogP contribution < -0.4 is 5.32 Å². The number of hydrogen-bond donors (Lipinski definition) is 2. The molecule has 0 spiro atoms. The maximum absolute atomic E-state index is 11.9. The van der Waals surface area contributed by atoms with Gasteiger partial charge in [-0.2, -0.15) is 10.4 Å². The highest BCUT2D eigenvalue weighted by molar-refractivity contribution is 5.75. The van der Waals surface area contributed by atoms with E-state index in [0.717, 1.165) is 33.6 Å². The third-order valence-electron chi connectivity index (χ3n) is 4.32. The lowest BCUT2D eigenvalue weighted by Gasteiger charge is -2.09. The number of cyclic esters (lactones) is 1. The highest BCUT2D eigenvalue weighted by atomic mass is 16.5. The van der Waals surface area contributed by atoms with Crippen molar-refractivity contribution in [2.24, 2.45) is 0 Å². The summed E-state index contributed by atoms with van der Waals surface area (Å²) in [5.74, 6) is 0.622. The lowest BCUT2D eigenvalue weighted by molar-refractivity contribution is 0.138. The number of carbonyl (C=O) groups is 1. The van der Waals surface area contributed by atoms with E-state index in [9.17, 15) is 4.79 Å². The van der Waals surface area contributed by atoms with E-state index in [1.165, 1.54) is 0 Å². The van der Waals surface area contributed by atoms with E-state index in [0.29, 0.717) is 25.3 Å². The van der Waals surface area contributed by atoms with Crippen molar-refractivity contribution < 1.29 is 14.3 Å². The van der Waals surface area contributed by atoms with Gasteiger partial charge in [-0.1, -0.05) is 12.6 Å². The molecule has 2 bridgehead atoms. The van der Waals surface area contributed by atoms with Gasteiger partial charge in [-0.3, -0.25) is 5.10 Å². The van der Waals surface area contributed by atoms with Gasteiger partial charge in [0.05, 0.1) is 24.8 Å². The number of aryl methyl sites for hydroxylation is 1. The van der Waals surface area contributed by atoms with E-state index < -0.39 is 6.09 Å². The fourth-order valence-corrected chi connectivity index (χ4v) is 2.96. The number of fused-ring (bicyclic) bond motifs is 4. The Morgan fingerprint density at radius 1 is 1.36 bits per heavy atom. The molecule has 7 nitrogen and oxygen atoms in total. The van der Waals surface area contributed by atoms with Crippen molar-refractivity contribution in [3.8, 4) is 17.3 Å². The minimum atomic E-state index is -0.488. The predicted octanol–water partition coefficient (Wildman–Crippen LogP) is 3.62. The summed E-state index contributed by atoms with van der Waals surface area (Å²) < 4.78 is 11.1. The van der Waals surface area contributed by atoms with Crippen molar-refractivity contribution in [3.05, 3.63) is 59.0 Å². The summed E-state index contributed by atoms with van der Waals surface area (Å²) in [5.41, 5.74) is 4.98. The second-order valence-corrected chi connectivity index (χ2v) is 6.44. The molecule has 1 aromatic carbocycles. The van der Waals surface area contributed by atoms with E-state index in [4.69, 9.17) is 14.7 Å². The molecule has 0 atom stereocenters. The largest absolute Gasteiger partial charge is 0.494 e. The quantitative estimate of drug-likeness (QED) is 0.831. The minimum absolute atomic E-state index is 0.112. The monoisotopic (exact) mass is 378 g/mol. The average Bonchev–Trinajstić information content (AvgIpc) is 3.05. The number of aromatic nitrogens is 2. The van der Waals surface area contributed by atoms with E-state index in [-0.39, 0.29) is 13.0 Å². The summed E-state index contributed by atoms with van der Waals surface area (Å²) in [4.78, 5) is 11.9. The summed E-state index contributed by atoms with van der Waals surface area (Å²) in [5, 5.41) is 19.3. The zero-order valence-electron chi connectivity index (χ0n) is 15.7. The molecule has 3 rings (SSSR count). The molecular formula is C21H22N4O3. The Bertz CT molecular complexity index is 953. The summed E-state index contributed by atoms with van der Waals surface area (Å²) in [7, 11) is 0. The maximum Gasteiger partial charge on any atom is 0.407 e. The lowest BCUT2D eigenvalue weighted by atomic mass is 9.99. The van der Waals surface area contributed by atoms with Crippen molar-refractivity contribution in [3.63, 3.8) is 0 Å². The normalized spacial score (nSPS) is 16.6. The minimum Gasteiger partial charge on any atom is -0.494 e. The molecule has 1 aliphatic heterocycles. The Kier molecular flexibility index (Phi) is 6.12. The van der Waals surface area contributed by atoms with E-state index in [1.54, 1.807) is 6.08 Å². The molecule has 2 N–H and O–H groups in total. The van der Waals surface area contributed by atoms with Gasteiger partial charge in [0.15, 0.2) is 0 Å². The molecule has 1 aromatic heterocycles. The van der Waals surface area contributed by atoms with Crippen LogP contribution in [0, 0.1) is 18.3 Å². The molecule has 1 aliphatic rings. The highest BCUT2D eigenvalue weighted by Crippen LogP contribution is 2.28. The predicted molar refractivity (Wildman–Crippen MR) is 105 cm³/mol. The number of H-pyrrole nitrogens is 1. The number of nitriles is 1. The molecule has 0 aliphatic carbocycles. The number of hydrogen-bond acceptors (Lipinski definition) is 5. The Morgan fingerprint density at radius 2 is 2.21 bits per heavy atom. The van der Waals surface area contributed by atoms with Crippen molar-refractivity contribution in [1.82, 2.24) is 15.5 Å². The topological polar surface area (TPSA) is 100 Å². The van der Waals surface area contributed by atoms with Crippen LogP contribution in [0.3, 0.4) is 0 Å². The molecule has 7 heteroatoms. The number of aromatic amines is 1. The zero-order chi connectivity index (χ0) is 19.9. The number of allylic oxidation sites excluding steroid dienone is 1. The van der Waals surface area contributed by atoms with Gasteiger partial charge in [-0.25, -0.2) is 4.79 Å². The number of alkyl carbamates (subject to hydrolysis) is 1. The summed E-state index contributed by atoms with van der Waals surface area (Å²) in [6.45, 7) is 6.74. The van der Waals surface area contributed by atoms with Crippen molar-refractivity contribution in [2.75, 3.05) is 13.2 Å². The van der Waals surface area contributed by atoms with Crippen LogP contribution in [-0.2, 0) is 22.5 Å². The van der Waals surface area contributed by atoms with Crippen LogP contribution in [0.4, 0.5) is 4.79 Å². The van der Waals surface area contributed by atoms with Gasteiger partial charge in [0.25, 0.3) is 0 Å². The molecule has 144 valence electrons. The first kappa shape index (κ1) is 19.2. The van der Waals surface area contributed by atoms with Gasteiger partial charge in [0, 0.05) is 23.4 Å². The van der Waals surface area contributed by atoms with Crippen LogP contribution in [0.15, 0.2) is 36.6 Å². The number of benzene rings is 1. The van der Waals surface area contributed by atoms with E-state index in [2.05, 4.69) is 28.2 Å². The van der Waals surface area contributed by atoms with E-state index >= 15 is 0 Å². The molecule has 0 unspecified atom stereocenters. The SMILES string of the molecule is C=C/C1=C\c2c(n[nH]c2C)-c2cc(CC#N)cc(c2)COC(=O)NCCCO1. The molecule has 0 saturated carbocycles. The highest BCUT2D eigenvalue weighted by Gasteiger charge is 2.14. The van der Waals surface area contributed by atoms with Gasteiger partial charge in [0.2, 0.25) is 0 Å². The Morgan fingerprint density at radius 3 is 3.00 bits per heavy atom. The second kappa shape index (κ2) is 8.91. The fraction of sp³-hybridized carbons (Fsp3) is 0.286. The third kappa shape index (κ3) is 4.60. The first-order valence-corrected chi connectivity index (χ1v) is 9.03. The molecular weight excluding hydrogens is 356 g/mol. The maximum atomic E-state index is 11.9. The molecule has 0 saturated heterocycles. The molecule has 1 amide bonds. The molecule has 28 heavy (non-hydrogen) atoms. The number of rotatable bonds is 2. The molecule has 2 aromatic rings. The number of ether oxygens (including phenoxy) is 2. The van der Waals surface area contributed by atoms with Crippen molar-refractivity contribution in [2.45, 2.75) is 26.4 Å². The number of amides is 1. The van der Waals surface area contributed by atoms with Gasteiger partial charge in [-0.15, -0.1) is 0 Å². The number of carbonyl (C=O) groups excluding carboxylic acids is 1. The summed E-state index contributed by atoms with van der Waals surface area (Å²) in [6, 6.07) is 7.86. The smallest absolute Gasteiger partial charge is 0.407 e. The van der Waals surface area contributed by atoms with Crippen LogP contribution in [0.2, 0.25) is 0 Å². The molecule has 0 fully saturated rings. The molecule has 2 heterocycles. The van der Waals surface area contributed by atoms with Crippen LogP contribution >= 0.6 is 0 Å². The van der Waals surface area contributed by atoms with Crippen molar-refractivity contribution in [1.29, 1.82) is 5.26 Å². The zero-order valence-corrected chi connectivity index (χ0v) is 15.7. The van der Waals surface area contributed by atoms with Crippen LogP contribution in [0.1, 0.15) is 28.8 Å². The summed E-state index contributed by atoms with van der Waals surface area (Å²) in [6.07, 6.45) is 3.94. The lowest BCUT2D eigenvalue weighted by Crippen LogP contribution is -2.25. The second-order valence-electron chi connectivity index (χ2n) is 6.44. The number of nitrogens with zero attached hydrogens (tertiary/aromatic N) is 2. The average molecular weight is 378 g/mol. The Balaban J connectivity index is 2.10. The van der Waals surface area contributed by atoms with Crippen LogP contribution in [0.25, 0.3) is 17.3 Å². The Hall–Kier alpha value is -3.53. The van der Waals surface area contributed by atoms with Crippen LogP contribution in [0.5, 0.6) is 0 Å². The molecule has 0 radical (unpaired) electrons. The third-order valence-corrected chi connectivity index (χ3v) is 4.32. The van der Waals surface area contributed by atoms with Gasteiger partial charge in [-0.05, 0) is 48.8 Å². The van der Waals surface area contributed by atoms with Gasteiger partial charge in [0.1, 0.15) is 12.4 Å². The Labute approximate surface area is 163 Å². The fourth-order valence-electron chi connectivity index (χ4n) is 2.96. The van der Waals surface area contributed by atoms with Gasteiger partial charge < -0.3 is 14.8 Å². The number of nitrogens with one attached hydrogen (secondary N) is 2. The summed E-state index contributed by atoms with van der Waals surface area (Å²) >= 11 is 0. The van der Waals surface area contributed by atoms with Crippen molar-refractivity contribution >= 4 is 12.2 Å².